The average molecular weight is 362 g/mol. The van der Waals surface area contributed by atoms with Crippen LogP contribution < -0.4 is 10.0 Å². The third kappa shape index (κ3) is 4.73. The molecular formula is C18H22N2O4S. The highest BCUT2D eigenvalue weighted by atomic mass is 32.2. The van der Waals surface area contributed by atoms with E-state index in [1.54, 1.807) is 6.92 Å². The Bertz CT molecular complexity index is 851. The molecule has 0 radical (unpaired) electrons. The van der Waals surface area contributed by atoms with Gasteiger partial charge in [-0.25, -0.2) is 13.2 Å². The second-order valence-corrected chi connectivity index (χ2v) is 7.43. The minimum atomic E-state index is -3.72. The van der Waals surface area contributed by atoms with Crippen molar-refractivity contribution in [3.8, 4) is 0 Å². The van der Waals surface area contributed by atoms with Gasteiger partial charge in [0.05, 0.1) is 17.2 Å². The van der Waals surface area contributed by atoms with Gasteiger partial charge in [-0.05, 0) is 63.1 Å². The van der Waals surface area contributed by atoms with Crippen molar-refractivity contribution >= 4 is 27.5 Å². The zero-order valence-electron chi connectivity index (χ0n) is 14.7. The van der Waals surface area contributed by atoms with Gasteiger partial charge in [-0.15, -0.1) is 0 Å². The smallest absolute Gasteiger partial charge is 0.411 e. The van der Waals surface area contributed by atoms with Crippen molar-refractivity contribution < 1.29 is 17.9 Å². The Morgan fingerprint density at radius 2 is 1.60 bits per heavy atom. The molecular weight excluding hydrogens is 340 g/mol. The van der Waals surface area contributed by atoms with E-state index in [0.29, 0.717) is 11.4 Å². The minimum Gasteiger partial charge on any atom is -0.450 e. The summed E-state index contributed by atoms with van der Waals surface area (Å²) in [7, 11) is -3.72. The van der Waals surface area contributed by atoms with E-state index in [-0.39, 0.29) is 11.5 Å². The molecule has 0 aromatic heterocycles. The number of amides is 1. The predicted molar refractivity (Wildman–Crippen MR) is 98.5 cm³/mol. The summed E-state index contributed by atoms with van der Waals surface area (Å²) >= 11 is 0. The van der Waals surface area contributed by atoms with Crippen molar-refractivity contribution in [2.45, 2.75) is 32.6 Å². The number of carbonyl (C=O) groups is 1. The lowest BCUT2D eigenvalue weighted by Gasteiger charge is -2.14. The lowest BCUT2D eigenvalue weighted by molar-refractivity contribution is 0.168. The van der Waals surface area contributed by atoms with E-state index in [1.807, 2.05) is 32.9 Å². The van der Waals surface area contributed by atoms with E-state index < -0.39 is 16.1 Å². The first-order chi connectivity index (χ1) is 11.7. The number of benzene rings is 2. The van der Waals surface area contributed by atoms with Gasteiger partial charge >= 0.3 is 6.09 Å². The maximum atomic E-state index is 12.6. The fourth-order valence-electron chi connectivity index (χ4n) is 2.54. The lowest BCUT2D eigenvalue weighted by atomic mass is 10.1. The molecule has 0 bridgehead atoms. The third-order valence-electron chi connectivity index (χ3n) is 3.60. The number of carbonyl (C=O) groups excluding carboxylic acids is 1. The van der Waals surface area contributed by atoms with Crippen LogP contribution in [-0.4, -0.2) is 21.1 Å². The van der Waals surface area contributed by atoms with Crippen LogP contribution in [0.25, 0.3) is 0 Å². The molecule has 0 heterocycles. The molecule has 0 fully saturated rings. The van der Waals surface area contributed by atoms with Gasteiger partial charge < -0.3 is 4.74 Å². The maximum absolute atomic E-state index is 12.6. The number of rotatable bonds is 5. The van der Waals surface area contributed by atoms with Gasteiger partial charge in [0, 0.05) is 5.69 Å². The van der Waals surface area contributed by atoms with Gasteiger partial charge in [0.15, 0.2) is 0 Å². The molecule has 0 aliphatic carbocycles. The molecule has 2 aromatic carbocycles. The summed E-state index contributed by atoms with van der Waals surface area (Å²) in [5, 5.41) is 2.52. The number of ether oxygens (including phenoxy) is 1. The summed E-state index contributed by atoms with van der Waals surface area (Å²) in [6.07, 6.45) is -0.581. The highest BCUT2D eigenvalue weighted by Gasteiger charge is 2.17. The van der Waals surface area contributed by atoms with Crippen molar-refractivity contribution in [1.82, 2.24) is 0 Å². The average Bonchev–Trinajstić information content (AvgIpc) is 2.51. The SMILES string of the molecule is CCOC(=O)Nc1ccc(S(=O)(=O)Nc2c(C)cc(C)cc2C)cc1. The second kappa shape index (κ2) is 7.57. The van der Waals surface area contributed by atoms with Crippen LogP contribution >= 0.6 is 0 Å². The molecule has 2 rings (SSSR count). The van der Waals surface area contributed by atoms with Gasteiger partial charge in [0.2, 0.25) is 0 Å². The van der Waals surface area contributed by atoms with Crippen molar-refractivity contribution in [1.29, 1.82) is 0 Å². The summed E-state index contributed by atoms with van der Waals surface area (Å²) < 4.78 is 32.6. The molecule has 0 aliphatic rings. The summed E-state index contributed by atoms with van der Waals surface area (Å²) in [6.45, 7) is 7.66. The predicted octanol–water partition coefficient (Wildman–Crippen LogP) is 3.98. The van der Waals surface area contributed by atoms with E-state index in [9.17, 15) is 13.2 Å². The van der Waals surface area contributed by atoms with Gasteiger partial charge in [-0.3, -0.25) is 10.0 Å². The first kappa shape index (κ1) is 18.8. The molecule has 2 N–H and O–H groups in total. The molecule has 6 nitrogen and oxygen atoms in total. The van der Waals surface area contributed by atoms with Crippen LogP contribution in [0.3, 0.4) is 0 Å². The van der Waals surface area contributed by atoms with Crippen molar-refractivity contribution in [3.05, 3.63) is 53.1 Å². The van der Waals surface area contributed by atoms with E-state index >= 15 is 0 Å². The second-order valence-electron chi connectivity index (χ2n) is 5.75. The topological polar surface area (TPSA) is 84.5 Å². The number of nitrogens with one attached hydrogen (secondary N) is 2. The molecule has 1 amide bonds. The van der Waals surface area contributed by atoms with Crippen molar-refractivity contribution in [3.63, 3.8) is 0 Å². The summed E-state index contributed by atoms with van der Waals surface area (Å²) in [5.74, 6) is 0. The summed E-state index contributed by atoms with van der Waals surface area (Å²) in [4.78, 5) is 11.5. The van der Waals surface area contributed by atoms with E-state index in [4.69, 9.17) is 4.74 Å². The molecule has 134 valence electrons. The standard InChI is InChI=1S/C18H22N2O4S/c1-5-24-18(21)19-15-6-8-16(9-7-15)25(22,23)20-17-13(3)10-12(2)11-14(17)4/h6-11,20H,5H2,1-4H3,(H,19,21). The van der Waals surface area contributed by atoms with Crippen LogP contribution in [0.2, 0.25) is 0 Å². The fourth-order valence-corrected chi connectivity index (χ4v) is 3.74. The normalized spacial score (nSPS) is 11.0. The molecule has 25 heavy (non-hydrogen) atoms. The largest absolute Gasteiger partial charge is 0.450 e. The highest BCUT2D eigenvalue weighted by molar-refractivity contribution is 7.92. The molecule has 0 saturated carbocycles. The van der Waals surface area contributed by atoms with Crippen LogP contribution in [0.1, 0.15) is 23.6 Å². The van der Waals surface area contributed by atoms with E-state index in [2.05, 4.69) is 10.0 Å². The third-order valence-corrected chi connectivity index (χ3v) is 4.97. The van der Waals surface area contributed by atoms with Gasteiger partial charge in [0.25, 0.3) is 10.0 Å². The lowest BCUT2D eigenvalue weighted by Crippen LogP contribution is -2.16. The number of aryl methyl sites for hydroxylation is 3. The van der Waals surface area contributed by atoms with Crippen LogP contribution in [0.5, 0.6) is 0 Å². The molecule has 0 aliphatic heterocycles. The zero-order chi connectivity index (χ0) is 18.6. The molecule has 0 atom stereocenters. The number of hydrogen-bond acceptors (Lipinski definition) is 4. The van der Waals surface area contributed by atoms with Crippen LogP contribution in [0, 0.1) is 20.8 Å². The van der Waals surface area contributed by atoms with Gasteiger partial charge in [-0.1, -0.05) is 17.7 Å². The van der Waals surface area contributed by atoms with Crippen LogP contribution in [-0.2, 0) is 14.8 Å². The number of hydrogen-bond donors (Lipinski definition) is 2. The Balaban J connectivity index is 2.21. The Hall–Kier alpha value is -2.54. The first-order valence-electron chi connectivity index (χ1n) is 7.87. The Kier molecular flexibility index (Phi) is 5.69. The number of anilines is 2. The van der Waals surface area contributed by atoms with Crippen LogP contribution in [0.4, 0.5) is 16.2 Å². The van der Waals surface area contributed by atoms with E-state index in [1.165, 1.54) is 24.3 Å². The first-order valence-corrected chi connectivity index (χ1v) is 9.35. The Labute approximate surface area is 148 Å². The summed E-state index contributed by atoms with van der Waals surface area (Å²) in [6, 6.07) is 9.75. The van der Waals surface area contributed by atoms with Gasteiger partial charge in [-0.2, -0.15) is 0 Å². The summed E-state index contributed by atoms with van der Waals surface area (Å²) in [5.41, 5.74) is 3.84. The Morgan fingerprint density at radius 1 is 1.04 bits per heavy atom. The van der Waals surface area contributed by atoms with Crippen molar-refractivity contribution in [2.75, 3.05) is 16.6 Å². The fraction of sp³-hybridized carbons (Fsp3) is 0.278. The minimum absolute atomic E-state index is 0.112. The van der Waals surface area contributed by atoms with Crippen LogP contribution in [0.15, 0.2) is 41.3 Å². The molecule has 0 spiro atoms. The Morgan fingerprint density at radius 3 is 2.12 bits per heavy atom. The maximum Gasteiger partial charge on any atom is 0.411 e. The van der Waals surface area contributed by atoms with E-state index in [0.717, 1.165) is 16.7 Å². The highest BCUT2D eigenvalue weighted by Crippen LogP contribution is 2.25. The molecule has 2 aromatic rings. The zero-order valence-corrected chi connectivity index (χ0v) is 15.5. The van der Waals surface area contributed by atoms with Gasteiger partial charge in [0.1, 0.15) is 0 Å². The van der Waals surface area contributed by atoms with Crippen molar-refractivity contribution in [2.24, 2.45) is 0 Å². The molecule has 0 unspecified atom stereocenters. The number of sulfonamides is 1. The quantitative estimate of drug-likeness (QED) is 0.842. The monoisotopic (exact) mass is 362 g/mol. The molecule has 0 saturated heterocycles. The molecule has 7 heteroatoms.